The van der Waals surface area contributed by atoms with E-state index in [1.807, 2.05) is 27.0 Å². The van der Waals surface area contributed by atoms with Gasteiger partial charge in [0.2, 0.25) is 0 Å². The zero-order valence-corrected chi connectivity index (χ0v) is 12.3. The molecule has 1 heterocycles. The molecular formula is C11H24N3O3P. The quantitative estimate of drug-likeness (QED) is 0.684. The second kappa shape index (κ2) is 7.14. The summed E-state index contributed by atoms with van der Waals surface area (Å²) in [5.74, 6) is 0. The van der Waals surface area contributed by atoms with Crippen LogP contribution in [-0.2, 0) is 13.6 Å². The maximum Gasteiger partial charge on any atom is 0.436 e. The summed E-state index contributed by atoms with van der Waals surface area (Å²) in [4.78, 5) is 2.06. The van der Waals surface area contributed by atoms with E-state index in [-0.39, 0.29) is 6.17 Å². The number of rotatable bonds is 8. The average Bonchev–Trinajstić information content (AvgIpc) is 2.74. The Hall–Kier alpha value is -0.550. The summed E-state index contributed by atoms with van der Waals surface area (Å²) in [6, 6.07) is 0. The highest BCUT2D eigenvalue weighted by Gasteiger charge is 2.40. The van der Waals surface area contributed by atoms with E-state index >= 15 is 0 Å². The molecule has 1 unspecified atom stereocenters. The van der Waals surface area contributed by atoms with Gasteiger partial charge in [-0.25, -0.2) is 4.57 Å². The number of hydrogen-bond acceptors (Lipinski definition) is 5. The van der Waals surface area contributed by atoms with Crippen LogP contribution in [0, 0.1) is 0 Å². The molecule has 1 aliphatic heterocycles. The Balaban J connectivity index is 2.86. The summed E-state index contributed by atoms with van der Waals surface area (Å²) < 4.78 is 25.1. The van der Waals surface area contributed by atoms with E-state index in [1.165, 1.54) is 0 Å². The predicted octanol–water partition coefficient (Wildman–Crippen LogP) is 1.95. The van der Waals surface area contributed by atoms with Crippen LogP contribution < -0.4 is 5.73 Å². The van der Waals surface area contributed by atoms with Crippen molar-refractivity contribution < 1.29 is 13.6 Å². The summed E-state index contributed by atoms with van der Waals surface area (Å²) in [6.45, 7) is 7.65. The molecule has 0 aliphatic carbocycles. The third-order valence-corrected chi connectivity index (χ3v) is 4.85. The molecule has 0 aromatic rings. The molecule has 2 N–H and O–H groups in total. The monoisotopic (exact) mass is 277 g/mol. The summed E-state index contributed by atoms with van der Waals surface area (Å²) in [5, 5.41) is 0. The Morgan fingerprint density at radius 3 is 2.28 bits per heavy atom. The molecule has 0 spiro atoms. The van der Waals surface area contributed by atoms with Crippen LogP contribution >= 0.6 is 7.75 Å². The van der Waals surface area contributed by atoms with Gasteiger partial charge in [-0.1, -0.05) is 6.92 Å². The van der Waals surface area contributed by atoms with Gasteiger partial charge in [-0.05, 0) is 20.3 Å². The van der Waals surface area contributed by atoms with E-state index in [1.54, 1.807) is 10.9 Å². The van der Waals surface area contributed by atoms with Crippen molar-refractivity contribution in [3.63, 3.8) is 0 Å². The van der Waals surface area contributed by atoms with E-state index in [2.05, 4.69) is 4.90 Å². The first-order valence-electron chi connectivity index (χ1n) is 6.45. The van der Waals surface area contributed by atoms with Gasteiger partial charge in [0.1, 0.15) is 6.17 Å². The zero-order chi connectivity index (χ0) is 13.6. The molecule has 1 rings (SSSR count). The van der Waals surface area contributed by atoms with Gasteiger partial charge in [0.05, 0.1) is 13.2 Å². The summed E-state index contributed by atoms with van der Waals surface area (Å²) >= 11 is 0. The smallest absolute Gasteiger partial charge is 0.354 e. The summed E-state index contributed by atoms with van der Waals surface area (Å²) in [5.41, 5.74) is 5.57. The minimum atomic E-state index is -3.24. The van der Waals surface area contributed by atoms with Crippen LogP contribution in [0.15, 0.2) is 12.4 Å². The molecule has 7 heteroatoms. The Kier molecular flexibility index (Phi) is 6.15. The molecule has 106 valence electrons. The van der Waals surface area contributed by atoms with Crippen LogP contribution in [0.1, 0.15) is 27.2 Å². The van der Waals surface area contributed by atoms with Gasteiger partial charge in [0.15, 0.2) is 0 Å². The van der Waals surface area contributed by atoms with Crippen molar-refractivity contribution in [3.8, 4) is 0 Å². The molecule has 0 radical (unpaired) electrons. The van der Waals surface area contributed by atoms with Gasteiger partial charge >= 0.3 is 7.75 Å². The highest BCUT2D eigenvalue weighted by Crippen LogP contribution is 2.55. The molecule has 0 saturated carbocycles. The number of nitrogens with two attached hydrogens (primary N) is 1. The minimum Gasteiger partial charge on any atom is -0.354 e. The van der Waals surface area contributed by atoms with Crippen molar-refractivity contribution in [1.29, 1.82) is 0 Å². The lowest BCUT2D eigenvalue weighted by Gasteiger charge is -2.35. The lowest BCUT2D eigenvalue weighted by atomic mass is 10.3. The summed E-state index contributed by atoms with van der Waals surface area (Å²) in [7, 11) is -3.24. The Morgan fingerprint density at radius 2 is 1.83 bits per heavy atom. The fraction of sp³-hybridized carbons (Fsp3) is 0.818. The second-order valence-electron chi connectivity index (χ2n) is 3.90. The van der Waals surface area contributed by atoms with E-state index < -0.39 is 7.75 Å². The first-order chi connectivity index (χ1) is 8.62. The molecule has 18 heavy (non-hydrogen) atoms. The largest absolute Gasteiger partial charge is 0.436 e. The minimum absolute atomic E-state index is 0.0162. The fourth-order valence-electron chi connectivity index (χ4n) is 2.04. The molecule has 0 fully saturated rings. The van der Waals surface area contributed by atoms with Crippen molar-refractivity contribution in [2.75, 3.05) is 26.3 Å². The Labute approximate surface area is 109 Å². The van der Waals surface area contributed by atoms with Gasteiger partial charge in [0.25, 0.3) is 0 Å². The first-order valence-corrected chi connectivity index (χ1v) is 7.94. The van der Waals surface area contributed by atoms with Crippen LogP contribution in [0.4, 0.5) is 0 Å². The molecule has 1 atom stereocenters. The van der Waals surface area contributed by atoms with Crippen LogP contribution in [0.25, 0.3) is 0 Å². The molecular weight excluding hydrogens is 253 g/mol. The van der Waals surface area contributed by atoms with Crippen molar-refractivity contribution in [2.24, 2.45) is 5.73 Å². The number of hydrogen-bond donors (Lipinski definition) is 1. The first kappa shape index (κ1) is 15.5. The van der Waals surface area contributed by atoms with E-state index in [0.717, 1.165) is 13.0 Å². The normalized spacial score (nSPS) is 19.9. The maximum absolute atomic E-state index is 12.7. The number of nitrogens with zero attached hydrogens (tertiary/aromatic N) is 2. The highest BCUT2D eigenvalue weighted by molar-refractivity contribution is 7.51. The zero-order valence-electron chi connectivity index (χ0n) is 11.4. The van der Waals surface area contributed by atoms with Crippen LogP contribution in [-0.4, -0.2) is 42.0 Å². The Morgan fingerprint density at radius 1 is 1.22 bits per heavy atom. The van der Waals surface area contributed by atoms with Crippen molar-refractivity contribution >= 4 is 7.75 Å². The van der Waals surface area contributed by atoms with Gasteiger partial charge in [0, 0.05) is 25.5 Å². The van der Waals surface area contributed by atoms with Gasteiger partial charge in [-0.15, -0.1) is 0 Å². The molecule has 1 aliphatic rings. The van der Waals surface area contributed by atoms with E-state index in [4.69, 9.17) is 14.8 Å². The molecule has 0 saturated heterocycles. The molecule has 0 amide bonds. The standard InChI is InChI=1S/C11H24N3O3P/c1-4-11-13(8-7-12)9-10-14(11)18(15,16-5-2)17-6-3/h9-11H,4-8,12H2,1-3H3. The lowest BCUT2D eigenvalue weighted by molar-refractivity contribution is 0.134. The van der Waals surface area contributed by atoms with Crippen molar-refractivity contribution in [2.45, 2.75) is 33.4 Å². The van der Waals surface area contributed by atoms with Crippen molar-refractivity contribution in [1.82, 2.24) is 9.57 Å². The third-order valence-electron chi connectivity index (χ3n) is 2.72. The van der Waals surface area contributed by atoms with Crippen LogP contribution in [0.5, 0.6) is 0 Å². The van der Waals surface area contributed by atoms with Crippen molar-refractivity contribution in [3.05, 3.63) is 12.4 Å². The molecule has 0 aromatic heterocycles. The molecule has 6 nitrogen and oxygen atoms in total. The van der Waals surface area contributed by atoms with E-state index in [0.29, 0.717) is 19.8 Å². The molecule has 0 bridgehead atoms. The predicted molar refractivity (Wildman–Crippen MR) is 71.7 cm³/mol. The topological polar surface area (TPSA) is 68.0 Å². The van der Waals surface area contributed by atoms with Gasteiger partial charge in [-0.2, -0.15) is 0 Å². The SMILES string of the molecule is CCOP(=O)(OCC)N1C=CN(CCN)C1CC. The lowest BCUT2D eigenvalue weighted by Crippen LogP contribution is -2.39. The third kappa shape index (κ3) is 3.26. The maximum atomic E-state index is 12.7. The van der Waals surface area contributed by atoms with Crippen LogP contribution in [0.2, 0.25) is 0 Å². The highest BCUT2D eigenvalue weighted by atomic mass is 31.2. The average molecular weight is 277 g/mol. The fourth-order valence-corrected chi connectivity index (χ4v) is 3.88. The molecule has 0 aromatic carbocycles. The van der Waals surface area contributed by atoms with Crippen LogP contribution in [0.3, 0.4) is 0 Å². The summed E-state index contributed by atoms with van der Waals surface area (Å²) in [6.07, 6.45) is 4.47. The van der Waals surface area contributed by atoms with Gasteiger partial charge in [-0.3, -0.25) is 13.7 Å². The Bertz CT molecular complexity index is 315. The van der Waals surface area contributed by atoms with Gasteiger partial charge < -0.3 is 10.6 Å². The second-order valence-corrected chi connectivity index (χ2v) is 5.81. The van der Waals surface area contributed by atoms with E-state index in [9.17, 15) is 4.57 Å².